The first-order valence-electron chi connectivity index (χ1n) is 9.25. The lowest BCUT2D eigenvalue weighted by atomic mass is 10.1. The van der Waals surface area contributed by atoms with Gasteiger partial charge in [-0.15, -0.1) is 11.8 Å². The molecule has 0 aromatic heterocycles. The summed E-state index contributed by atoms with van der Waals surface area (Å²) in [6.45, 7) is -0.328. The minimum absolute atomic E-state index is 0.126. The number of hydrogen-bond donors (Lipinski definition) is 1. The van der Waals surface area contributed by atoms with Gasteiger partial charge in [-0.05, 0) is 42.0 Å². The van der Waals surface area contributed by atoms with Gasteiger partial charge in [0.15, 0.2) is 6.61 Å². The third kappa shape index (κ3) is 4.12. The van der Waals surface area contributed by atoms with E-state index in [9.17, 15) is 9.59 Å². The van der Waals surface area contributed by atoms with Crippen molar-refractivity contribution in [1.82, 2.24) is 0 Å². The van der Waals surface area contributed by atoms with E-state index in [2.05, 4.69) is 0 Å². The van der Waals surface area contributed by atoms with E-state index < -0.39 is 5.97 Å². The molecule has 1 aliphatic rings. The number of rotatable bonds is 4. The second-order valence-electron chi connectivity index (χ2n) is 6.67. The molecule has 0 aliphatic carbocycles. The number of fused-ring (bicyclic) bond motifs is 1. The first-order chi connectivity index (χ1) is 14.1. The molecule has 0 saturated carbocycles. The minimum Gasteiger partial charge on any atom is -0.452 e. The van der Waals surface area contributed by atoms with Crippen LogP contribution in [0.25, 0.3) is 0 Å². The van der Waals surface area contributed by atoms with E-state index in [-0.39, 0.29) is 18.6 Å². The zero-order chi connectivity index (χ0) is 20.2. The molecule has 0 bridgehead atoms. The predicted molar refractivity (Wildman–Crippen MR) is 115 cm³/mol. The highest BCUT2D eigenvalue weighted by Crippen LogP contribution is 2.43. The lowest BCUT2D eigenvalue weighted by Crippen LogP contribution is -2.41. The molecule has 0 saturated heterocycles. The summed E-state index contributed by atoms with van der Waals surface area (Å²) in [5.41, 5.74) is 8.46. The van der Waals surface area contributed by atoms with Crippen LogP contribution in [0.15, 0.2) is 83.8 Å². The Hall–Kier alpha value is -3.25. The zero-order valence-corrected chi connectivity index (χ0v) is 16.5. The van der Waals surface area contributed by atoms with Gasteiger partial charge in [0.1, 0.15) is 0 Å². The van der Waals surface area contributed by atoms with Gasteiger partial charge in [-0.25, -0.2) is 4.79 Å². The fraction of sp³-hybridized carbons (Fsp3) is 0.130. The third-order valence-electron chi connectivity index (χ3n) is 4.76. The Morgan fingerprint density at radius 1 is 0.966 bits per heavy atom. The molecular formula is C23H20N2O3S. The highest BCUT2D eigenvalue weighted by Gasteiger charge is 2.32. The fourth-order valence-corrected chi connectivity index (χ4v) is 4.49. The molecule has 0 radical (unpaired) electrons. The Kier molecular flexibility index (Phi) is 5.53. The number of ether oxygens (including phenoxy) is 1. The number of benzene rings is 3. The number of nitrogens with two attached hydrogens (primary N) is 1. The summed E-state index contributed by atoms with van der Waals surface area (Å²) >= 11 is 1.72. The molecule has 146 valence electrons. The van der Waals surface area contributed by atoms with Gasteiger partial charge in [-0.3, -0.25) is 9.69 Å². The van der Waals surface area contributed by atoms with Crippen LogP contribution in [0.2, 0.25) is 0 Å². The lowest BCUT2D eigenvalue weighted by Gasteiger charge is -2.37. The Labute approximate surface area is 173 Å². The molecule has 0 fully saturated rings. The van der Waals surface area contributed by atoms with Gasteiger partial charge in [0, 0.05) is 16.3 Å². The van der Waals surface area contributed by atoms with Gasteiger partial charge < -0.3 is 10.5 Å². The summed E-state index contributed by atoms with van der Waals surface area (Å²) in [5.74, 6) is -0.0664. The predicted octanol–water partition coefficient (Wildman–Crippen LogP) is 4.31. The van der Waals surface area contributed by atoms with E-state index in [1.54, 1.807) is 40.9 Å². The molecule has 29 heavy (non-hydrogen) atoms. The normalized spacial score (nSPS) is 15.4. The number of anilines is 2. The largest absolute Gasteiger partial charge is 0.452 e. The van der Waals surface area contributed by atoms with Crippen molar-refractivity contribution in [3.63, 3.8) is 0 Å². The number of carbonyl (C=O) groups excluding carboxylic acids is 2. The van der Waals surface area contributed by atoms with Crippen LogP contribution in [0.5, 0.6) is 0 Å². The van der Waals surface area contributed by atoms with E-state index in [1.807, 2.05) is 54.6 Å². The van der Waals surface area contributed by atoms with Crippen LogP contribution < -0.4 is 10.6 Å². The first kappa shape index (κ1) is 19.1. The summed E-state index contributed by atoms with van der Waals surface area (Å²) in [5, 5.41) is 0. The van der Waals surface area contributed by atoms with E-state index in [1.165, 1.54) is 0 Å². The molecule has 1 heterocycles. The number of para-hydroxylation sites is 1. The molecule has 1 amide bonds. The van der Waals surface area contributed by atoms with Crippen LogP contribution >= 0.6 is 11.8 Å². The molecule has 4 rings (SSSR count). The smallest absolute Gasteiger partial charge is 0.338 e. The van der Waals surface area contributed by atoms with Crippen LogP contribution in [0, 0.1) is 0 Å². The Bertz CT molecular complexity index is 1020. The van der Waals surface area contributed by atoms with Crippen molar-refractivity contribution < 1.29 is 14.3 Å². The van der Waals surface area contributed by atoms with E-state index in [0.29, 0.717) is 11.3 Å². The van der Waals surface area contributed by atoms with Crippen molar-refractivity contribution in [3.8, 4) is 0 Å². The SMILES string of the molecule is Nc1ccc(C(=O)OCC(=O)N2c3ccccc3SC[C@@H]2c2ccccc2)cc1. The summed E-state index contributed by atoms with van der Waals surface area (Å²) in [4.78, 5) is 28.2. The summed E-state index contributed by atoms with van der Waals surface area (Å²) in [7, 11) is 0. The van der Waals surface area contributed by atoms with Crippen LogP contribution in [-0.4, -0.2) is 24.2 Å². The van der Waals surface area contributed by atoms with Gasteiger partial charge in [0.2, 0.25) is 0 Å². The average Bonchev–Trinajstić information content (AvgIpc) is 2.77. The number of thioether (sulfide) groups is 1. The second-order valence-corrected chi connectivity index (χ2v) is 7.73. The lowest BCUT2D eigenvalue weighted by molar-refractivity contribution is -0.122. The molecule has 1 atom stereocenters. The number of hydrogen-bond acceptors (Lipinski definition) is 5. The molecule has 3 aromatic carbocycles. The summed E-state index contributed by atoms with van der Waals surface area (Å²) in [6.07, 6.45) is 0. The fourth-order valence-electron chi connectivity index (χ4n) is 3.32. The quantitative estimate of drug-likeness (QED) is 0.518. The van der Waals surface area contributed by atoms with E-state index in [0.717, 1.165) is 21.9 Å². The molecule has 1 aliphatic heterocycles. The summed E-state index contributed by atoms with van der Waals surface area (Å²) in [6, 6.07) is 24.0. The minimum atomic E-state index is -0.547. The number of amides is 1. The van der Waals surface area contributed by atoms with Crippen LogP contribution in [0.1, 0.15) is 22.0 Å². The molecule has 6 heteroatoms. The third-order valence-corrected chi connectivity index (χ3v) is 5.90. The molecule has 0 spiro atoms. The van der Waals surface area contributed by atoms with Crippen molar-refractivity contribution >= 4 is 35.0 Å². The van der Waals surface area contributed by atoms with Crippen molar-refractivity contribution in [2.75, 3.05) is 23.0 Å². The standard InChI is InChI=1S/C23H20N2O3S/c24-18-12-10-17(11-13-18)23(27)28-14-22(26)25-19-8-4-5-9-21(19)29-15-20(25)16-6-2-1-3-7-16/h1-13,20H,14-15,24H2/t20-/m1/s1. The Morgan fingerprint density at radius 2 is 1.66 bits per heavy atom. The first-order valence-corrected chi connectivity index (χ1v) is 10.2. The molecule has 5 nitrogen and oxygen atoms in total. The highest BCUT2D eigenvalue weighted by atomic mass is 32.2. The van der Waals surface area contributed by atoms with Crippen LogP contribution in [0.4, 0.5) is 11.4 Å². The maximum Gasteiger partial charge on any atom is 0.338 e. The van der Waals surface area contributed by atoms with Crippen molar-refractivity contribution in [2.45, 2.75) is 10.9 Å². The van der Waals surface area contributed by atoms with Gasteiger partial charge >= 0.3 is 5.97 Å². The monoisotopic (exact) mass is 404 g/mol. The molecular weight excluding hydrogens is 384 g/mol. The zero-order valence-electron chi connectivity index (χ0n) is 15.7. The molecule has 3 aromatic rings. The number of nitrogens with zero attached hydrogens (tertiary/aromatic N) is 1. The van der Waals surface area contributed by atoms with E-state index >= 15 is 0 Å². The van der Waals surface area contributed by atoms with E-state index in [4.69, 9.17) is 10.5 Å². The maximum absolute atomic E-state index is 13.2. The van der Waals surface area contributed by atoms with Crippen molar-refractivity contribution in [3.05, 3.63) is 90.0 Å². The number of nitrogen functional groups attached to an aromatic ring is 1. The average molecular weight is 404 g/mol. The summed E-state index contributed by atoms with van der Waals surface area (Å²) < 4.78 is 5.30. The highest BCUT2D eigenvalue weighted by molar-refractivity contribution is 7.99. The van der Waals surface area contributed by atoms with Crippen LogP contribution in [0.3, 0.4) is 0 Å². The van der Waals surface area contributed by atoms with Crippen LogP contribution in [-0.2, 0) is 9.53 Å². The Morgan fingerprint density at radius 3 is 2.41 bits per heavy atom. The van der Waals surface area contributed by atoms with Gasteiger partial charge in [-0.2, -0.15) is 0 Å². The molecule has 2 N–H and O–H groups in total. The maximum atomic E-state index is 13.2. The number of esters is 1. The topological polar surface area (TPSA) is 72.6 Å². The molecule has 0 unspecified atom stereocenters. The van der Waals surface area contributed by atoms with Crippen molar-refractivity contribution in [1.29, 1.82) is 0 Å². The van der Waals surface area contributed by atoms with Gasteiger partial charge in [-0.1, -0.05) is 42.5 Å². The second kappa shape index (κ2) is 8.41. The van der Waals surface area contributed by atoms with Gasteiger partial charge in [0.05, 0.1) is 17.3 Å². The van der Waals surface area contributed by atoms with Crippen molar-refractivity contribution in [2.24, 2.45) is 0 Å². The Balaban J connectivity index is 1.56. The number of carbonyl (C=O) groups is 2. The van der Waals surface area contributed by atoms with Gasteiger partial charge in [0.25, 0.3) is 5.91 Å².